The Kier molecular flexibility index (Phi) is 10.7. The Bertz CT molecular complexity index is 689. The van der Waals surface area contributed by atoms with Crippen LogP contribution in [0.3, 0.4) is 0 Å². The van der Waals surface area contributed by atoms with Gasteiger partial charge in [0.05, 0.1) is 18.8 Å². The van der Waals surface area contributed by atoms with Crippen LogP contribution >= 0.6 is 24.0 Å². The van der Waals surface area contributed by atoms with Crippen LogP contribution in [0.15, 0.2) is 29.3 Å². The molecule has 1 atom stereocenters. The molecule has 2 fully saturated rings. The molecule has 2 aliphatic rings. The van der Waals surface area contributed by atoms with E-state index in [9.17, 15) is 4.79 Å². The molecule has 9 heteroatoms. The molecule has 0 aromatic heterocycles. The van der Waals surface area contributed by atoms with Crippen molar-refractivity contribution < 1.29 is 19.0 Å². The van der Waals surface area contributed by atoms with Crippen LogP contribution in [-0.2, 0) is 20.8 Å². The molecule has 0 bridgehead atoms. The van der Waals surface area contributed by atoms with Crippen LogP contribution in [0.4, 0.5) is 0 Å². The molecule has 2 heterocycles. The first-order valence-corrected chi connectivity index (χ1v) is 10.3. The molecule has 3 N–H and O–H groups in total. The highest BCUT2D eigenvalue weighted by Gasteiger charge is 2.24. The minimum Gasteiger partial charge on any atom is -0.484 e. The number of halogens is 1. The SMILES string of the molecule is CN=C(NCc1cccc(OCC(N)=O)c1)N1CCC(OCC2CCCO2)CC1.I. The van der Waals surface area contributed by atoms with Gasteiger partial charge in [-0.3, -0.25) is 9.79 Å². The smallest absolute Gasteiger partial charge is 0.255 e. The van der Waals surface area contributed by atoms with Gasteiger partial charge in [0.15, 0.2) is 12.6 Å². The summed E-state index contributed by atoms with van der Waals surface area (Å²) in [5, 5.41) is 3.41. The number of aliphatic imine (C=N–C) groups is 1. The molecule has 0 radical (unpaired) electrons. The summed E-state index contributed by atoms with van der Waals surface area (Å²) < 4.78 is 17.0. The van der Waals surface area contributed by atoms with Gasteiger partial charge in [-0.05, 0) is 43.4 Å². The van der Waals surface area contributed by atoms with Gasteiger partial charge in [0.25, 0.3) is 5.91 Å². The van der Waals surface area contributed by atoms with Gasteiger partial charge in [-0.1, -0.05) is 12.1 Å². The van der Waals surface area contributed by atoms with Crippen LogP contribution in [0.5, 0.6) is 5.75 Å². The molecule has 8 nitrogen and oxygen atoms in total. The molecular weight excluding hydrogens is 499 g/mol. The van der Waals surface area contributed by atoms with Crippen molar-refractivity contribution in [3.63, 3.8) is 0 Å². The maximum Gasteiger partial charge on any atom is 0.255 e. The van der Waals surface area contributed by atoms with Crippen LogP contribution in [0.1, 0.15) is 31.2 Å². The van der Waals surface area contributed by atoms with Gasteiger partial charge in [0, 0.05) is 33.3 Å². The maximum absolute atomic E-state index is 10.9. The van der Waals surface area contributed by atoms with Crippen molar-refractivity contribution in [2.45, 2.75) is 44.4 Å². The van der Waals surface area contributed by atoms with Gasteiger partial charge in [0.1, 0.15) is 5.75 Å². The molecule has 30 heavy (non-hydrogen) atoms. The molecule has 2 aliphatic heterocycles. The standard InChI is InChI=1S/C21H32N4O4.HI/c1-23-21(24-13-16-4-2-5-18(12-16)29-15-20(22)26)25-9-7-17(8-10-25)28-14-19-6-3-11-27-19;/h2,4-5,12,17,19H,3,6-11,13-15H2,1H3,(H2,22,26)(H,23,24);1H. The zero-order valence-corrected chi connectivity index (χ0v) is 19.9. The number of rotatable bonds is 8. The van der Waals surface area contributed by atoms with Crippen LogP contribution in [0, 0.1) is 0 Å². The van der Waals surface area contributed by atoms with E-state index in [2.05, 4.69) is 15.2 Å². The molecule has 0 saturated carbocycles. The number of amides is 1. The van der Waals surface area contributed by atoms with Crippen molar-refractivity contribution in [1.82, 2.24) is 10.2 Å². The molecule has 168 valence electrons. The minimum absolute atomic E-state index is 0. The lowest BCUT2D eigenvalue weighted by Crippen LogP contribution is -2.47. The van der Waals surface area contributed by atoms with E-state index in [1.165, 1.54) is 0 Å². The van der Waals surface area contributed by atoms with Crippen molar-refractivity contribution in [3.8, 4) is 5.75 Å². The zero-order chi connectivity index (χ0) is 20.5. The number of carbonyl (C=O) groups is 1. The van der Waals surface area contributed by atoms with Crippen LogP contribution in [-0.4, -0.2) is 68.9 Å². The first kappa shape index (κ1) is 24.7. The Hall–Kier alpha value is -1.59. The Morgan fingerprint density at radius 3 is 2.80 bits per heavy atom. The second-order valence-electron chi connectivity index (χ2n) is 7.46. The number of piperidine rings is 1. The average molecular weight is 532 g/mol. The minimum atomic E-state index is -0.489. The molecule has 0 aliphatic carbocycles. The van der Waals surface area contributed by atoms with Crippen molar-refractivity contribution in [2.24, 2.45) is 10.7 Å². The Balaban J connectivity index is 0.00000320. The summed E-state index contributed by atoms with van der Waals surface area (Å²) in [6.45, 7) is 3.91. The first-order chi connectivity index (χ1) is 14.1. The predicted molar refractivity (Wildman–Crippen MR) is 126 cm³/mol. The molecule has 0 spiro atoms. The largest absolute Gasteiger partial charge is 0.484 e. The highest BCUT2D eigenvalue weighted by atomic mass is 127. The van der Waals surface area contributed by atoms with E-state index in [4.69, 9.17) is 19.9 Å². The summed E-state index contributed by atoms with van der Waals surface area (Å²) in [6.07, 6.45) is 4.82. The number of guanidine groups is 1. The van der Waals surface area contributed by atoms with E-state index in [0.717, 1.165) is 56.9 Å². The Morgan fingerprint density at radius 2 is 2.13 bits per heavy atom. The van der Waals surface area contributed by atoms with Gasteiger partial charge in [0.2, 0.25) is 0 Å². The van der Waals surface area contributed by atoms with E-state index in [0.29, 0.717) is 25.0 Å². The number of benzene rings is 1. The monoisotopic (exact) mass is 532 g/mol. The predicted octanol–water partition coefficient (Wildman–Crippen LogP) is 1.90. The number of primary amides is 1. The summed E-state index contributed by atoms with van der Waals surface area (Å²) in [5.74, 6) is 1.02. The number of nitrogens with zero attached hydrogens (tertiary/aromatic N) is 2. The summed E-state index contributed by atoms with van der Waals surface area (Å²) in [7, 11) is 1.80. The summed E-state index contributed by atoms with van der Waals surface area (Å²) in [5.41, 5.74) is 6.17. The second kappa shape index (κ2) is 13.0. The van der Waals surface area contributed by atoms with E-state index in [1.807, 2.05) is 24.3 Å². The van der Waals surface area contributed by atoms with Crippen LogP contribution < -0.4 is 15.8 Å². The Morgan fingerprint density at radius 1 is 1.33 bits per heavy atom. The van der Waals surface area contributed by atoms with Crippen LogP contribution in [0.25, 0.3) is 0 Å². The zero-order valence-electron chi connectivity index (χ0n) is 17.5. The third kappa shape index (κ3) is 7.92. The quantitative estimate of drug-likeness (QED) is 0.302. The average Bonchev–Trinajstić information content (AvgIpc) is 3.26. The molecule has 3 rings (SSSR count). The number of ether oxygens (including phenoxy) is 3. The van der Waals surface area contributed by atoms with Gasteiger partial charge in [-0.25, -0.2) is 0 Å². The maximum atomic E-state index is 10.9. The van der Waals surface area contributed by atoms with Crippen molar-refractivity contribution in [3.05, 3.63) is 29.8 Å². The number of hydrogen-bond donors (Lipinski definition) is 2. The number of nitrogens with two attached hydrogens (primary N) is 1. The second-order valence-corrected chi connectivity index (χ2v) is 7.46. The van der Waals surface area contributed by atoms with Crippen molar-refractivity contribution in [1.29, 1.82) is 0 Å². The highest BCUT2D eigenvalue weighted by molar-refractivity contribution is 14.0. The number of hydrogen-bond acceptors (Lipinski definition) is 5. The van der Waals surface area contributed by atoms with Gasteiger partial charge >= 0.3 is 0 Å². The fourth-order valence-electron chi connectivity index (χ4n) is 3.67. The fraction of sp³-hybridized carbons (Fsp3) is 0.619. The summed E-state index contributed by atoms with van der Waals surface area (Å²) >= 11 is 0. The topological polar surface area (TPSA) is 98.4 Å². The van der Waals surface area contributed by atoms with E-state index >= 15 is 0 Å². The number of nitrogens with one attached hydrogen (secondary N) is 1. The molecule has 1 unspecified atom stereocenters. The molecule has 1 amide bonds. The first-order valence-electron chi connectivity index (χ1n) is 10.3. The molecule has 1 aromatic carbocycles. The summed E-state index contributed by atoms with van der Waals surface area (Å²) in [6, 6.07) is 7.60. The molecular formula is C21H33IN4O4. The van der Waals surface area contributed by atoms with E-state index < -0.39 is 5.91 Å². The molecule has 2 saturated heterocycles. The fourth-order valence-corrected chi connectivity index (χ4v) is 3.67. The van der Waals surface area contributed by atoms with E-state index in [-0.39, 0.29) is 36.7 Å². The Labute approximate surface area is 195 Å². The van der Waals surface area contributed by atoms with Crippen molar-refractivity contribution >= 4 is 35.8 Å². The van der Waals surface area contributed by atoms with E-state index in [1.54, 1.807) is 7.05 Å². The van der Waals surface area contributed by atoms with Gasteiger partial charge in [-0.2, -0.15) is 0 Å². The lowest BCUT2D eigenvalue weighted by molar-refractivity contribution is -0.119. The van der Waals surface area contributed by atoms with Gasteiger partial charge in [-0.15, -0.1) is 24.0 Å². The normalized spacial score (nSPS) is 20.0. The summed E-state index contributed by atoms with van der Waals surface area (Å²) in [4.78, 5) is 17.6. The number of likely N-dealkylation sites (tertiary alicyclic amines) is 1. The molecule has 1 aromatic rings. The van der Waals surface area contributed by atoms with Crippen LogP contribution in [0.2, 0.25) is 0 Å². The number of carbonyl (C=O) groups excluding carboxylic acids is 1. The third-order valence-electron chi connectivity index (χ3n) is 5.23. The third-order valence-corrected chi connectivity index (χ3v) is 5.23. The lowest BCUT2D eigenvalue weighted by Gasteiger charge is -2.34. The van der Waals surface area contributed by atoms with Crippen molar-refractivity contribution in [2.75, 3.05) is 40.0 Å². The highest BCUT2D eigenvalue weighted by Crippen LogP contribution is 2.18. The lowest BCUT2D eigenvalue weighted by atomic mass is 10.1. The van der Waals surface area contributed by atoms with Gasteiger partial charge < -0.3 is 30.2 Å².